The van der Waals surface area contributed by atoms with Crippen LogP contribution in [0.2, 0.25) is 0 Å². The summed E-state index contributed by atoms with van der Waals surface area (Å²) < 4.78 is 71.0. The lowest BCUT2D eigenvalue weighted by molar-refractivity contribution is -0.526. The van der Waals surface area contributed by atoms with Crippen LogP contribution in [0.1, 0.15) is 0 Å². The first kappa shape index (κ1) is 11.8. The molecule has 0 unspecified atom stereocenters. The van der Waals surface area contributed by atoms with Gasteiger partial charge in [0, 0.05) is 0 Å². The molecule has 0 aromatic carbocycles. The molecular weight excluding hydrogens is 218 g/mol. The zero-order valence-corrected chi connectivity index (χ0v) is 5.72. The van der Waals surface area contributed by atoms with Gasteiger partial charge < -0.3 is 0 Å². The number of halogens is 6. The van der Waals surface area contributed by atoms with E-state index in [1.54, 1.807) is 4.94 Å². The summed E-state index contributed by atoms with van der Waals surface area (Å²) in [5.74, 6) is 0. The van der Waals surface area contributed by atoms with Crippen molar-refractivity contribution < 1.29 is 40.1 Å². The Bertz CT molecular complexity index is 141. The fourth-order valence-electron chi connectivity index (χ4n) is 0.149. The number of hydrogen-bond acceptors (Lipinski definition) is 4. The average molecular weight is 218 g/mol. The molecule has 0 aromatic rings. The Morgan fingerprint density at radius 3 is 1.83 bits per heavy atom. The van der Waals surface area contributed by atoms with E-state index in [0.717, 1.165) is 0 Å². The molecular formula is C2F6O3S. The van der Waals surface area contributed by atoms with E-state index in [1.807, 2.05) is 0 Å². The summed E-state index contributed by atoms with van der Waals surface area (Å²) in [6, 6.07) is 0. The molecule has 0 bridgehead atoms. The predicted molar refractivity (Wildman–Crippen MR) is 23.0 cm³/mol. The number of rotatable bonds is 5. The molecule has 0 saturated carbocycles. The van der Waals surface area contributed by atoms with Crippen molar-refractivity contribution in [3.8, 4) is 0 Å². The van der Waals surface area contributed by atoms with Crippen LogP contribution in [0, 0.1) is 0 Å². The first-order chi connectivity index (χ1) is 5.37. The molecule has 12 heavy (non-hydrogen) atoms. The molecule has 0 aliphatic rings. The summed E-state index contributed by atoms with van der Waals surface area (Å²) in [6.45, 7) is 0. The van der Waals surface area contributed by atoms with Crippen LogP contribution in [0.25, 0.3) is 0 Å². The molecule has 3 nitrogen and oxygen atoms in total. The smallest absolute Gasteiger partial charge is 0.164 e. The molecule has 0 aliphatic carbocycles. The van der Waals surface area contributed by atoms with E-state index >= 15 is 0 Å². The zero-order valence-electron chi connectivity index (χ0n) is 4.90. The van der Waals surface area contributed by atoms with E-state index in [9.17, 15) is 26.0 Å². The van der Waals surface area contributed by atoms with Gasteiger partial charge in [-0.15, -0.1) is 18.0 Å². The van der Waals surface area contributed by atoms with Gasteiger partial charge in [0.2, 0.25) is 12.4 Å². The van der Waals surface area contributed by atoms with Crippen molar-refractivity contribution in [1.82, 2.24) is 0 Å². The Morgan fingerprint density at radius 1 is 1.00 bits per heavy atom. The molecule has 0 amide bonds. The van der Waals surface area contributed by atoms with Crippen LogP contribution in [0.4, 0.5) is 26.0 Å². The molecule has 0 spiro atoms. The quantitative estimate of drug-likeness (QED) is 0.306. The van der Waals surface area contributed by atoms with Crippen LogP contribution in [-0.4, -0.2) is 12.2 Å². The van der Waals surface area contributed by atoms with Gasteiger partial charge in [-0.3, -0.25) is 0 Å². The highest BCUT2D eigenvalue weighted by atomic mass is 32.2. The highest BCUT2D eigenvalue weighted by Crippen LogP contribution is 2.37. The molecule has 0 fully saturated rings. The van der Waals surface area contributed by atoms with E-state index in [-0.39, 0.29) is 0 Å². The molecule has 10 heteroatoms. The van der Waals surface area contributed by atoms with Crippen LogP contribution < -0.4 is 0 Å². The second kappa shape index (κ2) is 4.16. The monoisotopic (exact) mass is 218 g/mol. The highest BCUT2D eigenvalue weighted by molar-refractivity contribution is 7.89. The van der Waals surface area contributed by atoms with Gasteiger partial charge in [0.05, 0.1) is 0 Å². The first-order valence-corrected chi connectivity index (χ1v) is 2.70. The summed E-state index contributed by atoms with van der Waals surface area (Å²) in [7, 11) is 0. The fraction of sp³-hybridized carbons (Fsp3) is 1.00. The fourth-order valence-corrected chi connectivity index (χ4v) is 0.260. The Morgan fingerprint density at radius 2 is 1.50 bits per heavy atom. The number of alkyl halides is 4. The van der Waals surface area contributed by atoms with Crippen molar-refractivity contribution in [2.75, 3.05) is 0 Å². The molecule has 74 valence electrons. The van der Waals surface area contributed by atoms with E-state index < -0.39 is 24.6 Å². The SMILES string of the molecule is FOC(F)(F)C(F)(F)OOSF. The van der Waals surface area contributed by atoms with Gasteiger partial charge in [0.15, 0.2) is 0 Å². The minimum atomic E-state index is -5.54. The average Bonchev–Trinajstić information content (AvgIpc) is 2.00. The zero-order chi connectivity index (χ0) is 9.83. The van der Waals surface area contributed by atoms with Gasteiger partial charge >= 0.3 is 12.2 Å². The molecule has 0 N–H and O–H groups in total. The van der Waals surface area contributed by atoms with Gasteiger partial charge in [0.25, 0.3) is 0 Å². The predicted octanol–water partition coefficient (Wildman–Crippen LogP) is 2.55. The van der Waals surface area contributed by atoms with Crippen LogP contribution >= 0.6 is 12.4 Å². The Labute approximate surface area is 65.9 Å². The lowest BCUT2D eigenvalue weighted by Crippen LogP contribution is -2.43. The Hall–Kier alpha value is -0.190. The van der Waals surface area contributed by atoms with Gasteiger partial charge in [-0.1, -0.05) is 0 Å². The van der Waals surface area contributed by atoms with Crippen molar-refractivity contribution in [2.45, 2.75) is 12.2 Å². The number of hydrogen-bond donors (Lipinski definition) is 0. The second-order valence-electron chi connectivity index (χ2n) is 1.33. The summed E-state index contributed by atoms with van der Waals surface area (Å²) >= 11 is -1.26. The van der Waals surface area contributed by atoms with Crippen LogP contribution in [-0.2, 0) is 14.2 Å². The lowest BCUT2D eigenvalue weighted by Gasteiger charge is -2.18. The normalized spacial score (nSPS) is 13.5. The van der Waals surface area contributed by atoms with E-state index in [2.05, 4.69) is 9.22 Å². The summed E-state index contributed by atoms with van der Waals surface area (Å²) in [5.41, 5.74) is 0. The van der Waals surface area contributed by atoms with Crippen molar-refractivity contribution in [3.63, 3.8) is 0 Å². The largest absolute Gasteiger partial charge is 0.481 e. The molecule has 0 heterocycles. The van der Waals surface area contributed by atoms with E-state index in [4.69, 9.17) is 0 Å². The third kappa shape index (κ3) is 2.69. The molecule has 0 rings (SSSR count). The van der Waals surface area contributed by atoms with Gasteiger partial charge in [-0.05, 0) is 4.53 Å². The van der Waals surface area contributed by atoms with Crippen LogP contribution in [0.15, 0.2) is 0 Å². The second-order valence-corrected chi connectivity index (χ2v) is 1.59. The van der Waals surface area contributed by atoms with Crippen molar-refractivity contribution in [3.05, 3.63) is 0 Å². The van der Waals surface area contributed by atoms with Crippen molar-refractivity contribution >= 4 is 12.4 Å². The maximum Gasteiger partial charge on any atom is 0.481 e. The van der Waals surface area contributed by atoms with Gasteiger partial charge in [0.1, 0.15) is 0 Å². The molecule has 0 saturated heterocycles. The van der Waals surface area contributed by atoms with Gasteiger partial charge in [-0.2, -0.15) is 17.6 Å². The van der Waals surface area contributed by atoms with E-state index in [0.29, 0.717) is 0 Å². The lowest BCUT2D eigenvalue weighted by atomic mass is 10.6. The third-order valence-electron chi connectivity index (χ3n) is 0.600. The minimum Gasteiger partial charge on any atom is -0.164 e. The highest BCUT2D eigenvalue weighted by Gasteiger charge is 2.63. The van der Waals surface area contributed by atoms with Crippen molar-refractivity contribution in [2.24, 2.45) is 0 Å². The molecule has 0 atom stereocenters. The summed E-state index contributed by atoms with van der Waals surface area (Å²) in [4.78, 5) is 4.05. The topological polar surface area (TPSA) is 27.7 Å². The summed E-state index contributed by atoms with van der Waals surface area (Å²) in [6.07, 6.45) is -11.0. The van der Waals surface area contributed by atoms with Crippen LogP contribution in [0.3, 0.4) is 0 Å². The van der Waals surface area contributed by atoms with Crippen LogP contribution in [0.5, 0.6) is 0 Å². The standard InChI is InChI=1S/C2F6O3S/c3-1(4,9-7)2(5,6)10-11-12-8. The third-order valence-corrected chi connectivity index (χ3v) is 0.720. The molecule has 0 aromatic heterocycles. The Kier molecular flexibility index (Phi) is 4.10. The Balaban J connectivity index is 4.17. The van der Waals surface area contributed by atoms with Crippen molar-refractivity contribution in [1.29, 1.82) is 0 Å². The maximum atomic E-state index is 11.7. The van der Waals surface area contributed by atoms with Gasteiger partial charge in [-0.25, -0.2) is 0 Å². The first-order valence-electron chi connectivity index (χ1n) is 2.06. The summed E-state index contributed by atoms with van der Waals surface area (Å²) in [5, 5.41) is 0. The molecule has 0 aliphatic heterocycles. The maximum absolute atomic E-state index is 11.7. The van der Waals surface area contributed by atoms with E-state index in [1.165, 1.54) is 0 Å². The minimum absolute atomic E-state index is 1.26. The molecule has 0 radical (unpaired) electrons.